The number of para-hydroxylation sites is 1. The molecule has 86 valence electrons. The van der Waals surface area contributed by atoms with E-state index in [1.807, 2.05) is 12.1 Å². The van der Waals surface area contributed by atoms with Crippen LogP contribution in [0.5, 0.6) is 0 Å². The molecule has 3 nitrogen and oxygen atoms in total. The molecule has 3 unspecified atom stereocenters. The number of piperidine rings is 1. The third kappa shape index (κ3) is 1.51. The molecule has 1 aromatic rings. The fourth-order valence-electron chi connectivity index (χ4n) is 2.83. The zero-order valence-electron chi connectivity index (χ0n) is 9.04. The number of hydrogen-bond donors (Lipinski definition) is 3. The average molecular weight is 238 g/mol. The molecule has 4 heteroatoms. The highest BCUT2D eigenvalue weighted by Gasteiger charge is 2.36. The maximum atomic E-state index is 6.33. The lowest BCUT2D eigenvalue weighted by Gasteiger charge is -2.42. The number of halogens is 1. The van der Waals surface area contributed by atoms with Gasteiger partial charge in [-0.3, -0.25) is 0 Å². The summed E-state index contributed by atoms with van der Waals surface area (Å²) in [4.78, 5) is 0. The van der Waals surface area contributed by atoms with Crippen molar-refractivity contribution in [1.82, 2.24) is 5.32 Å². The maximum absolute atomic E-state index is 6.33. The van der Waals surface area contributed by atoms with Crippen molar-refractivity contribution in [3.8, 4) is 0 Å². The minimum Gasteiger partial charge on any atom is -0.380 e. The lowest BCUT2D eigenvalue weighted by molar-refractivity contribution is 0.288. The Kier molecular flexibility index (Phi) is 2.54. The minimum atomic E-state index is 0.0905. The molecule has 16 heavy (non-hydrogen) atoms. The highest BCUT2D eigenvalue weighted by Crippen LogP contribution is 2.40. The summed E-state index contributed by atoms with van der Waals surface area (Å²) in [6, 6.07) is 6.52. The summed E-state index contributed by atoms with van der Waals surface area (Å²) in [5.41, 5.74) is 8.52. The van der Waals surface area contributed by atoms with Crippen molar-refractivity contribution >= 4 is 17.3 Å². The number of anilines is 1. The second-order valence-corrected chi connectivity index (χ2v) is 5.04. The Morgan fingerprint density at radius 2 is 2.25 bits per heavy atom. The number of nitrogens with one attached hydrogen (secondary N) is 2. The summed E-state index contributed by atoms with van der Waals surface area (Å²) in [7, 11) is 0. The van der Waals surface area contributed by atoms with Crippen molar-refractivity contribution < 1.29 is 0 Å². The maximum Gasteiger partial charge on any atom is 0.0641 e. The topological polar surface area (TPSA) is 50.1 Å². The van der Waals surface area contributed by atoms with Crippen LogP contribution in [-0.4, -0.2) is 19.1 Å². The Bertz CT molecular complexity index is 407. The first-order valence-corrected chi connectivity index (χ1v) is 6.16. The van der Waals surface area contributed by atoms with Gasteiger partial charge >= 0.3 is 0 Å². The highest BCUT2D eigenvalue weighted by molar-refractivity contribution is 6.33. The Labute approximate surface area is 100 Å². The van der Waals surface area contributed by atoms with E-state index in [9.17, 15) is 0 Å². The highest BCUT2D eigenvalue weighted by atomic mass is 35.5. The molecule has 3 atom stereocenters. The van der Waals surface area contributed by atoms with E-state index in [2.05, 4.69) is 16.7 Å². The summed E-state index contributed by atoms with van der Waals surface area (Å²) >= 11 is 6.21. The normalized spacial score (nSPS) is 32.5. The van der Waals surface area contributed by atoms with Crippen molar-refractivity contribution in [2.45, 2.75) is 18.5 Å². The van der Waals surface area contributed by atoms with Crippen LogP contribution >= 0.6 is 11.6 Å². The Balaban J connectivity index is 2.03. The van der Waals surface area contributed by atoms with Gasteiger partial charge in [-0.2, -0.15) is 0 Å². The van der Waals surface area contributed by atoms with E-state index < -0.39 is 0 Å². The Hall–Kier alpha value is -0.770. The molecule has 2 heterocycles. The molecule has 0 spiro atoms. The van der Waals surface area contributed by atoms with Gasteiger partial charge in [0.25, 0.3) is 0 Å². The van der Waals surface area contributed by atoms with Gasteiger partial charge in [0, 0.05) is 24.5 Å². The van der Waals surface area contributed by atoms with Gasteiger partial charge in [0.1, 0.15) is 0 Å². The van der Waals surface area contributed by atoms with Gasteiger partial charge in [-0.05, 0) is 24.6 Å². The SMILES string of the molecule is NC1c2cccc(Cl)c2NC2CCNCC21. The van der Waals surface area contributed by atoms with Crippen LogP contribution in [-0.2, 0) is 0 Å². The van der Waals surface area contributed by atoms with E-state index in [0.29, 0.717) is 12.0 Å². The molecule has 0 aliphatic carbocycles. The van der Waals surface area contributed by atoms with Crippen molar-refractivity contribution in [2.24, 2.45) is 11.7 Å². The molecule has 2 aliphatic heterocycles. The van der Waals surface area contributed by atoms with Crippen LogP contribution in [0.2, 0.25) is 5.02 Å². The number of rotatable bonds is 0. The first kappa shape index (κ1) is 10.4. The Morgan fingerprint density at radius 1 is 1.38 bits per heavy atom. The van der Waals surface area contributed by atoms with Crippen molar-refractivity contribution in [3.05, 3.63) is 28.8 Å². The summed E-state index contributed by atoms with van der Waals surface area (Å²) in [6.45, 7) is 2.05. The van der Waals surface area contributed by atoms with Crippen LogP contribution in [0, 0.1) is 5.92 Å². The summed E-state index contributed by atoms with van der Waals surface area (Å²) < 4.78 is 0. The lowest BCUT2D eigenvalue weighted by atomic mass is 9.80. The van der Waals surface area contributed by atoms with E-state index >= 15 is 0 Å². The van der Waals surface area contributed by atoms with Crippen LogP contribution in [0.1, 0.15) is 18.0 Å². The number of fused-ring (bicyclic) bond motifs is 2. The van der Waals surface area contributed by atoms with Crippen LogP contribution in [0.4, 0.5) is 5.69 Å². The molecule has 0 bridgehead atoms. The van der Waals surface area contributed by atoms with Crippen LogP contribution < -0.4 is 16.4 Å². The Morgan fingerprint density at radius 3 is 3.12 bits per heavy atom. The van der Waals surface area contributed by atoms with Crippen LogP contribution in [0.15, 0.2) is 18.2 Å². The first-order chi connectivity index (χ1) is 7.77. The molecule has 3 rings (SSSR count). The molecule has 0 aromatic heterocycles. The second kappa shape index (κ2) is 3.91. The first-order valence-electron chi connectivity index (χ1n) is 5.78. The molecule has 0 radical (unpaired) electrons. The van der Waals surface area contributed by atoms with E-state index in [0.717, 1.165) is 35.8 Å². The third-order valence-corrected chi connectivity index (χ3v) is 4.04. The summed E-state index contributed by atoms with van der Waals surface area (Å²) in [5, 5.41) is 7.73. The molecule has 0 amide bonds. The predicted octanol–water partition coefficient (Wildman–Crippen LogP) is 1.74. The molecule has 0 saturated carbocycles. The number of hydrogen-bond acceptors (Lipinski definition) is 3. The number of nitrogens with two attached hydrogens (primary N) is 1. The molecule has 1 saturated heterocycles. The summed E-state index contributed by atoms with van der Waals surface area (Å²) in [5.74, 6) is 0.472. The largest absolute Gasteiger partial charge is 0.380 e. The zero-order valence-corrected chi connectivity index (χ0v) is 9.80. The quantitative estimate of drug-likeness (QED) is 0.644. The molecule has 1 aromatic carbocycles. The van der Waals surface area contributed by atoms with Gasteiger partial charge in [0.15, 0.2) is 0 Å². The van der Waals surface area contributed by atoms with E-state index in [1.54, 1.807) is 0 Å². The van der Waals surface area contributed by atoms with E-state index in [1.165, 1.54) is 0 Å². The second-order valence-electron chi connectivity index (χ2n) is 4.64. The van der Waals surface area contributed by atoms with Gasteiger partial charge in [0.2, 0.25) is 0 Å². The van der Waals surface area contributed by atoms with Gasteiger partial charge in [-0.25, -0.2) is 0 Å². The van der Waals surface area contributed by atoms with Gasteiger partial charge in [-0.1, -0.05) is 23.7 Å². The lowest BCUT2D eigenvalue weighted by Crippen LogP contribution is -2.51. The molecule has 1 fully saturated rings. The van der Waals surface area contributed by atoms with E-state index in [-0.39, 0.29) is 6.04 Å². The van der Waals surface area contributed by atoms with Crippen molar-refractivity contribution in [2.75, 3.05) is 18.4 Å². The molecule has 2 aliphatic rings. The average Bonchev–Trinajstić information content (AvgIpc) is 2.31. The minimum absolute atomic E-state index is 0.0905. The standard InChI is InChI=1S/C12H16ClN3/c13-9-3-1-2-7-11(14)8-6-15-5-4-10(8)16-12(7)9/h1-3,8,10-11,15-16H,4-6,14H2. The fraction of sp³-hybridized carbons (Fsp3) is 0.500. The molecule has 4 N–H and O–H groups in total. The van der Waals surface area contributed by atoms with Gasteiger partial charge in [0.05, 0.1) is 10.7 Å². The van der Waals surface area contributed by atoms with E-state index in [4.69, 9.17) is 17.3 Å². The fourth-order valence-corrected chi connectivity index (χ4v) is 3.06. The summed E-state index contributed by atoms with van der Waals surface area (Å²) in [6.07, 6.45) is 1.11. The molecular weight excluding hydrogens is 222 g/mol. The number of benzene rings is 1. The third-order valence-electron chi connectivity index (χ3n) is 3.72. The van der Waals surface area contributed by atoms with Crippen molar-refractivity contribution in [3.63, 3.8) is 0 Å². The molecular formula is C12H16ClN3. The predicted molar refractivity (Wildman–Crippen MR) is 66.8 cm³/mol. The van der Waals surface area contributed by atoms with Gasteiger partial charge in [-0.15, -0.1) is 0 Å². The van der Waals surface area contributed by atoms with Crippen molar-refractivity contribution in [1.29, 1.82) is 0 Å². The smallest absolute Gasteiger partial charge is 0.0641 e. The van der Waals surface area contributed by atoms with Gasteiger partial charge < -0.3 is 16.4 Å². The zero-order chi connectivity index (χ0) is 11.1. The monoisotopic (exact) mass is 237 g/mol. The van der Waals surface area contributed by atoms with Crippen LogP contribution in [0.3, 0.4) is 0 Å². The van der Waals surface area contributed by atoms with Crippen LogP contribution in [0.25, 0.3) is 0 Å².